The molecule has 0 bridgehead atoms. The minimum absolute atomic E-state index is 0.0278. The number of esters is 1. The summed E-state index contributed by atoms with van der Waals surface area (Å²) in [6, 6.07) is 4.85. The predicted molar refractivity (Wildman–Crippen MR) is 64.4 cm³/mol. The van der Waals surface area contributed by atoms with Crippen molar-refractivity contribution in [2.75, 3.05) is 6.61 Å². The van der Waals surface area contributed by atoms with Gasteiger partial charge in [-0.3, -0.25) is 9.59 Å². The van der Waals surface area contributed by atoms with Crippen molar-refractivity contribution in [2.24, 2.45) is 0 Å². The average molecular weight is 267 g/mol. The molecule has 0 spiro atoms. The molecule has 7 heteroatoms. The van der Waals surface area contributed by atoms with Gasteiger partial charge in [0, 0.05) is 6.42 Å². The van der Waals surface area contributed by atoms with Gasteiger partial charge in [0.2, 0.25) is 0 Å². The number of nitrogens with zero attached hydrogens (tertiary/aromatic N) is 1. The van der Waals surface area contributed by atoms with Gasteiger partial charge in [-0.15, -0.1) is 10.1 Å². The van der Waals surface area contributed by atoms with Crippen molar-refractivity contribution in [2.45, 2.75) is 19.8 Å². The standard InChI is InChI=1S/C12H13NO6/c1-9-4-5-11(10(7-9)8-14)19-12(15)3-2-6-18-13(16)17/h4-5,7-8H,2-3,6H2,1H3. The van der Waals surface area contributed by atoms with Crippen molar-refractivity contribution in [3.05, 3.63) is 39.4 Å². The van der Waals surface area contributed by atoms with Crippen LogP contribution in [0.1, 0.15) is 28.8 Å². The molecule has 0 atom stereocenters. The van der Waals surface area contributed by atoms with Crippen LogP contribution in [0.4, 0.5) is 0 Å². The zero-order valence-corrected chi connectivity index (χ0v) is 10.3. The van der Waals surface area contributed by atoms with Crippen molar-refractivity contribution >= 4 is 12.3 Å². The zero-order chi connectivity index (χ0) is 14.3. The highest BCUT2D eigenvalue weighted by Gasteiger charge is 2.09. The molecule has 102 valence electrons. The van der Waals surface area contributed by atoms with Gasteiger partial charge in [-0.25, -0.2) is 0 Å². The van der Waals surface area contributed by atoms with Gasteiger partial charge >= 0.3 is 5.97 Å². The van der Waals surface area contributed by atoms with Gasteiger partial charge in [-0.05, 0) is 25.5 Å². The van der Waals surface area contributed by atoms with Gasteiger partial charge in [0.05, 0.1) is 12.2 Å². The summed E-state index contributed by atoms with van der Waals surface area (Å²) in [5.41, 5.74) is 1.16. The molecule has 0 saturated heterocycles. The third-order valence-corrected chi connectivity index (χ3v) is 2.24. The smallest absolute Gasteiger partial charge is 0.311 e. The number of hydrogen-bond acceptors (Lipinski definition) is 6. The van der Waals surface area contributed by atoms with Crippen LogP contribution < -0.4 is 4.74 Å². The Labute approximate surface area is 109 Å². The molecule has 0 heterocycles. The Bertz CT molecular complexity index is 485. The van der Waals surface area contributed by atoms with E-state index in [0.717, 1.165) is 5.56 Å². The molecule has 0 aliphatic heterocycles. The Morgan fingerprint density at radius 1 is 1.47 bits per heavy atom. The quantitative estimate of drug-likeness (QED) is 0.186. The fourth-order valence-corrected chi connectivity index (χ4v) is 1.38. The first kappa shape index (κ1) is 14.6. The van der Waals surface area contributed by atoms with Gasteiger partial charge in [0.25, 0.3) is 5.09 Å². The van der Waals surface area contributed by atoms with Crippen molar-refractivity contribution in [3.63, 3.8) is 0 Å². The number of ether oxygens (including phenoxy) is 1. The summed E-state index contributed by atoms with van der Waals surface area (Å²) < 4.78 is 5.00. The van der Waals surface area contributed by atoms with Gasteiger partial charge < -0.3 is 9.57 Å². The van der Waals surface area contributed by atoms with Gasteiger partial charge in [-0.1, -0.05) is 11.6 Å². The third kappa shape index (κ3) is 5.15. The molecule has 0 unspecified atom stereocenters. The summed E-state index contributed by atoms with van der Waals surface area (Å²) >= 11 is 0. The molecule has 0 radical (unpaired) electrons. The summed E-state index contributed by atoms with van der Waals surface area (Å²) in [6.45, 7) is 1.64. The van der Waals surface area contributed by atoms with Gasteiger partial charge in [0.15, 0.2) is 6.29 Å². The molecule has 0 aromatic heterocycles. The zero-order valence-electron chi connectivity index (χ0n) is 10.3. The Balaban J connectivity index is 2.48. The van der Waals surface area contributed by atoms with Crippen LogP contribution in [-0.2, 0) is 9.63 Å². The molecule has 0 aliphatic carbocycles. The van der Waals surface area contributed by atoms with E-state index < -0.39 is 11.1 Å². The highest BCUT2D eigenvalue weighted by molar-refractivity contribution is 5.82. The second-order valence-electron chi connectivity index (χ2n) is 3.79. The van der Waals surface area contributed by atoms with E-state index in [-0.39, 0.29) is 30.8 Å². The lowest BCUT2D eigenvalue weighted by Gasteiger charge is -2.07. The van der Waals surface area contributed by atoms with E-state index in [1.165, 1.54) is 6.07 Å². The second kappa shape index (κ2) is 7.10. The van der Waals surface area contributed by atoms with Crippen LogP contribution in [0.2, 0.25) is 0 Å². The van der Waals surface area contributed by atoms with E-state index in [9.17, 15) is 19.7 Å². The third-order valence-electron chi connectivity index (χ3n) is 2.24. The Kier molecular flexibility index (Phi) is 5.46. The van der Waals surface area contributed by atoms with Crippen LogP contribution >= 0.6 is 0 Å². The van der Waals surface area contributed by atoms with E-state index in [1.54, 1.807) is 12.1 Å². The number of aldehydes is 1. The van der Waals surface area contributed by atoms with Crippen molar-refractivity contribution < 1.29 is 24.3 Å². The summed E-state index contributed by atoms with van der Waals surface area (Å²) in [4.78, 5) is 36.2. The van der Waals surface area contributed by atoms with Crippen molar-refractivity contribution in [1.29, 1.82) is 0 Å². The lowest BCUT2D eigenvalue weighted by Crippen LogP contribution is -2.11. The Morgan fingerprint density at radius 2 is 2.21 bits per heavy atom. The lowest BCUT2D eigenvalue weighted by atomic mass is 10.1. The molecule has 0 fully saturated rings. The Hall–Kier alpha value is -2.44. The molecule has 1 aromatic carbocycles. The van der Waals surface area contributed by atoms with E-state index in [2.05, 4.69) is 4.84 Å². The molecule has 1 rings (SSSR count). The molecule has 7 nitrogen and oxygen atoms in total. The number of hydrogen-bond donors (Lipinski definition) is 0. The van der Waals surface area contributed by atoms with Crippen LogP contribution in [0.25, 0.3) is 0 Å². The Morgan fingerprint density at radius 3 is 2.84 bits per heavy atom. The predicted octanol–water partition coefficient (Wildman–Crippen LogP) is 1.70. The van der Waals surface area contributed by atoms with Crippen LogP contribution in [0.3, 0.4) is 0 Å². The summed E-state index contributed by atoms with van der Waals surface area (Å²) in [5, 5.41) is 8.96. The summed E-state index contributed by atoms with van der Waals surface area (Å²) in [6.07, 6.45) is 0.744. The highest BCUT2D eigenvalue weighted by atomic mass is 16.9. The molecule has 19 heavy (non-hydrogen) atoms. The van der Waals surface area contributed by atoms with Crippen molar-refractivity contribution in [1.82, 2.24) is 0 Å². The minimum atomic E-state index is -0.921. The second-order valence-corrected chi connectivity index (χ2v) is 3.79. The van der Waals surface area contributed by atoms with Crippen LogP contribution in [0, 0.1) is 17.0 Å². The monoisotopic (exact) mass is 267 g/mol. The molecular formula is C12H13NO6. The fraction of sp³-hybridized carbons (Fsp3) is 0.333. The maximum Gasteiger partial charge on any atom is 0.311 e. The van der Waals surface area contributed by atoms with Crippen LogP contribution in [-0.4, -0.2) is 23.9 Å². The number of carbonyl (C=O) groups is 2. The summed E-state index contributed by atoms with van der Waals surface area (Å²) in [5.74, 6) is -0.389. The first-order valence-electron chi connectivity index (χ1n) is 5.56. The number of rotatable bonds is 7. The van der Waals surface area contributed by atoms with E-state index >= 15 is 0 Å². The van der Waals surface area contributed by atoms with Crippen LogP contribution in [0.15, 0.2) is 18.2 Å². The fourth-order valence-electron chi connectivity index (χ4n) is 1.38. The van der Waals surface area contributed by atoms with E-state index in [4.69, 9.17) is 4.74 Å². The first-order chi connectivity index (χ1) is 9.02. The molecule has 0 amide bonds. The van der Waals surface area contributed by atoms with Crippen molar-refractivity contribution in [3.8, 4) is 5.75 Å². The molecule has 0 saturated carbocycles. The molecule has 1 aromatic rings. The maximum atomic E-state index is 11.4. The number of aryl methyl sites for hydroxylation is 1. The first-order valence-corrected chi connectivity index (χ1v) is 5.56. The molecule has 0 N–H and O–H groups in total. The molecular weight excluding hydrogens is 254 g/mol. The largest absolute Gasteiger partial charge is 0.426 e. The average Bonchev–Trinajstić information content (AvgIpc) is 2.36. The maximum absolute atomic E-state index is 11.4. The van der Waals surface area contributed by atoms with Gasteiger partial charge in [0.1, 0.15) is 5.75 Å². The van der Waals surface area contributed by atoms with E-state index in [0.29, 0.717) is 6.29 Å². The number of benzene rings is 1. The van der Waals surface area contributed by atoms with Gasteiger partial charge in [-0.2, -0.15) is 0 Å². The van der Waals surface area contributed by atoms with Crippen LogP contribution in [0.5, 0.6) is 5.75 Å². The minimum Gasteiger partial charge on any atom is -0.426 e. The topological polar surface area (TPSA) is 95.7 Å². The summed E-state index contributed by atoms with van der Waals surface area (Å²) in [7, 11) is 0. The lowest BCUT2D eigenvalue weighted by molar-refractivity contribution is -0.757. The molecule has 0 aliphatic rings. The highest BCUT2D eigenvalue weighted by Crippen LogP contribution is 2.18. The normalized spacial score (nSPS) is 9.74. The van der Waals surface area contributed by atoms with E-state index in [1.807, 2.05) is 6.92 Å². The number of carbonyl (C=O) groups excluding carboxylic acids is 2. The SMILES string of the molecule is Cc1ccc(OC(=O)CCCO[N+](=O)[O-])c(C=O)c1.